The third-order valence-corrected chi connectivity index (χ3v) is 6.14. The number of fused-ring (bicyclic) bond motifs is 3. The van der Waals surface area contributed by atoms with Gasteiger partial charge in [-0.2, -0.15) is 0 Å². The predicted molar refractivity (Wildman–Crippen MR) is 120 cm³/mol. The number of nitrogens with one attached hydrogen (secondary N) is 1. The van der Waals surface area contributed by atoms with E-state index >= 15 is 0 Å². The van der Waals surface area contributed by atoms with Crippen molar-refractivity contribution < 1.29 is 9.53 Å². The Morgan fingerprint density at radius 3 is 2.77 bits per heavy atom. The fraction of sp³-hybridized carbons (Fsp3) is 0.167. The van der Waals surface area contributed by atoms with Gasteiger partial charge < -0.3 is 15.0 Å². The number of hydrogen-bond acceptors (Lipinski definition) is 5. The number of aromatic nitrogens is 1. The molecule has 0 radical (unpaired) electrons. The lowest BCUT2D eigenvalue weighted by molar-refractivity contribution is 0.0950. The third kappa shape index (κ3) is 3.62. The number of carbonyl (C=O) groups excluding carboxylic acids is 1. The Morgan fingerprint density at radius 2 is 1.97 bits per heavy atom. The van der Waals surface area contributed by atoms with E-state index in [1.807, 2.05) is 42.6 Å². The number of nitrogens with zero attached hydrogens (tertiary/aromatic N) is 2. The zero-order chi connectivity index (χ0) is 20.5. The van der Waals surface area contributed by atoms with E-state index < -0.39 is 0 Å². The maximum Gasteiger partial charge on any atom is 0.251 e. The number of ether oxygens (including phenoxy) is 1. The van der Waals surface area contributed by atoms with E-state index in [4.69, 9.17) is 4.74 Å². The van der Waals surface area contributed by atoms with Gasteiger partial charge in [0.2, 0.25) is 0 Å². The molecule has 1 N–H and O–H groups in total. The number of anilines is 1. The zero-order valence-electron chi connectivity index (χ0n) is 16.6. The van der Waals surface area contributed by atoms with E-state index in [-0.39, 0.29) is 5.91 Å². The number of hydrogen-bond donors (Lipinski definition) is 1. The second-order valence-corrected chi connectivity index (χ2v) is 8.38. The number of carbonyl (C=O) groups is 1. The standard InChI is InChI=1S/C24H21N3O2S/c1-16-26-19(14-30-16)12-25-24(28)18-6-9-20(10-7-18)27-13-22-21-5-3-2-4-17(21)8-11-23(22)29-15-27/h2-11,14H,12-13,15H2,1H3,(H,25,28). The Kier molecular flexibility index (Phi) is 4.85. The summed E-state index contributed by atoms with van der Waals surface area (Å²) in [5.41, 5.74) is 3.74. The third-order valence-electron chi connectivity index (χ3n) is 5.31. The molecule has 0 aliphatic carbocycles. The van der Waals surface area contributed by atoms with Gasteiger partial charge in [-0.05, 0) is 48.0 Å². The molecule has 1 aromatic heterocycles. The van der Waals surface area contributed by atoms with Crippen LogP contribution in [-0.4, -0.2) is 17.6 Å². The van der Waals surface area contributed by atoms with Gasteiger partial charge >= 0.3 is 0 Å². The van der Waals surface area contributed by atoms with Crippen molar-refractivity contribution in [2.24, 2.45) is 0 Å². The monoisotopic (exact) mass is 415 g/mol. The van der Waals surface area contributed by atoms with Gasteiger partial charge in [-0.1, -0.05) is 30.3 Å². The Morgan fingerprint density at radius 1 is 1.13 bits per heavy atom. The smallest absolute Gasteiger partial charge is 0.251 e. The summed E-state index contributed by atoms with van der Waals surface area (Å²) in [7, 11) is 0. The van der Waals surface area contributed by atoms with E-state index in [0.29, 0.717) is 18.8 Å². The van der Waals surface area contributed by atoms with Crippen LogP contribution in [0.2, 0.25) is 0 Å². The highest BCUT2D eigenvalue weighted by atomic mass is 32.1. The van der Waals surface area contributed by atoms with Crippen LogP contribution in [0.15, 0.2) is 66.0 Å². The highest BCUT2D eigenvalue weighted by molar-refractivity contribution is 7.09. The van der Waals surface area contributed by atoms with Gasteiger partial charge in [0.25, 0.3) is 5.91 Å². The molecule has 5 rings (SSSR count). The first-order valence-corrected chi connectivity index (χ1v) is 10.7. The summed E-state index contributed by atoms with van der Waals surface area (Å²) >= 11 is 1.59. The highest BCUT2D eigenvalue weighted by Gasteiger charge is 2.20. The van der Waals surface area contributed by atoms with Gasteiger partial charge in [0.05, 0.1) is 23.8 Å². The Bertz CT molecular complexity index is 1220. The van der Waals surface area contributed by atoms with Crippen LogP contribution in [0.4, 0.5) is 5.69 Å². The second-order valence-electron chi connectivity index (χ2n) is 7.32. The quantitative estimate of drug-likeness (QED) is 0.516. The van der Waals surface area contributed by atoms with Crippen molar-refractivity contribution in [2.75, 3.05) is 11.6 Å². The van der Waals surface area contributed by atoms with E-state index in [1.165, 1.54) is 16.3 Å². The van der Waals surface area contributed by atoms with Gasteiger partial charge in [0, 0.05) is 22.2 Å². The number of benzene rings is 3. The molecule has 0 fully saturated rings. The summed E-state index contributed by atoms with van der Waals surface area (Å²) in [6.07, 6.45) is 0. The maximum absolute atomic E-state index is 12.4. The van der Waals surface area contributed by atoms with Crippen molar-refractivity contribution in [1.82, 2.24) is 10.3 Å². The zero-order valence-corrected chi connectivity index (χ0v) is 17.4. The van der Waals surface area contributed by atoms with Crippen molar-refractivity contribution in [3.63, 3.8) is 0 Å². The fourth-order valence-corrected chi connectivity index (χ4v) is 4.36. The first kappa shape index (κ1) is 18.6. The Hall–Kier alpha value is -3.38. The normalized spacial score (nSPS) is 13.0. The van der Waals surface area contributed by atoms with E-state index in [2.05, 4.69) is 45.5 Å². The highest BCUT2D eigenvalue weighted by Crippen LogP contribution is 2.34. The molecule has 150 valence electrons. The fourth-order valence-electron chi connectivity index (χ4n) is 3.75. The molecule has 4 aromatic rings. The van der Waals surface area contributed by atoms with Crippen LogP contribution in [0.25, 0.3) is 10.8 Å². The Balaban J connectivity index is 1.30. The minimum atomic E-state index is -0.0987. The molecule has 30 heavy (non-hydrogen) atoms. The lowest BCUT2D eigenvalue weighted by atomic mass is 10.0. The topological polar surface area (TPSA) is 54.5 Å². The summed E-state index contributed by atoms with van der Waals surface area (Å²) in [5, 5.41) is 8.33. The molecule has 0 spiro atoms. The van der Waals surface area contributed by atoms with Crippen molar-refractivity contribution in [1.29, 1.82) is 0 Å². The number of rotatable bonds is 4. The average Bonchev–Trinajstić information content (AvgIpc) is 3.22. The minimum Gasteiger partial charge on any atom is -0.473 e. The molecule has 0 bridgehead atoms. The van der Waals surface area contributed by atoms with Crippen LogP contribution < -0.4 is 15.0 Å². The second kappa shape index (κ2) is 7.80. The summed E-state index contributed by atoms with van der Waals surface area (Å²) < 4.78 is 6.01. The first-order chi connectivity index (χ1) is 14.7. The lowest BCUT2D eigenvalue weighted by Gasteiger charge is -2.31. The first-order valence-electron chi connectivity index (χ1n) is 9.85. The summed E-state index contributed by atoms with van der Waals surface area (Å²) in [6.45, 7) is 3.65. The molecule has 0 saturated heterocycles. The molecule has 1 amide bonds. The minimum absolute atomic E-state index is 0.0987. The van der Waals surface area contributed by atoms with Gasteiger partial charge in [-0.3, -0.25) is 4.79 Å². The van der Waals surface area contributed by atoms with Gasteiger partial charge in [0.15, 0.2) is 6.73 Å². The SMILES string of the molecule is Cc1nc(CNC(=O)c2ccc(N3COc4ccc5ccccc5c4C3)cc2)cs1. The van der Waals surface area contributed by atoms with Crippen LogP contribution in [0.1, 0.15) is 26.6 Å². The average molecular weight is 416 g/mol. The van der Waals surface area contributed by atoms with Crippen LogP contribution in [0.3, 0.4) is 0 Å². The van der Waals surface area contributed by atoms with Crippen LogP contribution >= 0.6 is 11.3 Å². The molecule has 0 saturated carbocycles. The van der Waals surface area contributed by atoms with E-state index in [1.54, 1.807) is 11.3 Å². The Labute approximate surface area is 178 Å². The van der Waals surface area contributed by atoms with Gasteiger partial charge in [0.1, 0.15) is 5.75 Å². The van der Waals surface area contributed by atoms with Crippen LogP contribution in [0.5, 0.6) is 5.75 Å². The summed E-state index contributed by atoms with van der Waals surface area (Å²) in [5.74, 6) is 0.844. The predicted octanol–water partition coefficient (Wildman–Crippen LogP) is 4.89. The number of aryl methyl sites for hydroxylation is 1. The molecular weight excluding hydrogens is 394 g/mol. The molecule has 3 aromatic carbocycles. The number of thiazole rings is 1. The van der Waals surface area contributed by atoms with Crippen molar-refractivity contribution >= 4 is 33.7 Å². The van der Waals surface area contributed by atoms with Gasteiger partial charge in [-0.25, -0.2) is 4.98 Å². The van der Waals surface area contributed by atoms with Crippen molar-refractivity contribution in [3.05, 3.63) is 87.9 Å². The van der Waals surface area contributed by atoms with Crippen LogP contribution in [0, 0.1) is 6.92 Å². The number of amides is 1. The lowest BCUT2D eigenvalue weighted by Crippen LogP contribution is -2.32. The van der Waals surface area contributed by atoms with Crippen molar-refractivity contribution in [3.8, 4) is 5.75 Å². The van der Waals surface area contributed by atoms with Crippen LogP contribution in [-0.2, 0) is 13.1 Å². The molecule has 2 heterocycles. The molecule has 6 heteroatoms. The molecule has 5 nitrogen and oxygen atoms in total. The molecule has 0 atom stereocenters. The summed E-state index contributed by atoms with van der Waals surface area (Å²) in [6, 6.07) is 20.2. The van der Waals surface area contributed by atoms with E-state index in [9.17, 15) is 4.79 Å². The largest absolute Gasteiger partial charge is 0.473 e. The van der Waals surface area contributed by atoms with Gasteiger partial charge in [-0.15, -0.1) is 11.3 Å². The molecule has 1 aliphatic rings. The summed E-state index contributed by atoms with van der Waals surface area (Å²) in [4.78, 5) is 19.0. The maximum atomic E-state index is 12.4. The molecular formula is C24H21N3O2S. The van der Waals surface area contributed by atoms with Crippen molar-refractivity contribution in [2.45, 2.75) is 20.0 Å². The molecule has 1 aliphatic heterocycles. The van der Waals surface area contributed by atoms with E-state index in [0.717, 1.165) is 28.7 Å². The molecule has 0 unspecified atom stereocenters.